The van der Waals surface area contributed by atoms with Crippen LogP contribution >= 0.6 is 0 Å². The Labute approximate surface area is 119 Å². The maximum atomic E-state index is 11.8. The topological polar surface area (TPSA) is 65.5 Å². The first-order valence-corrected chi connectivity index (χ1v) is 7.01. The van der Waals surface area contributed by atoms with Gasteiger partial charge in [-0.25, -0.2) is 0 Å². The van der Waals surface area contributed by atoms with Crippen LogP contribution in [0.15, 0.2) is 35.3 Å². The number of hydrogen-bond donors (Lipinski definition) is 3. The lowest BCUT2D eigenvalue weighted by atomic mass is 10.2. The molecule has 0 aliphatic heterocycles. The van der Waals surface area contributed by atoms with E-state index in [1.807, 2.05) is 18.2 Å². The molecule has 0 heterocycles. The molecule has 1 aliphatic rings. The molecule has 1 aromatic carbocycles. The van der Waals surface area contributed by atoms with Gasteiger partial charge in [0.2, 0.25) is 0 Å². The van der Waals surface area contributed by atoms with Gasteiger partial charge in [0.1, 0.15) is 0 Å². The lowest BCUT2D eigenvalue weighted by molar-refractivity contribution is 0.0954. The number of guanidine groups is 1. The van der Waals surface area contributed by atoms with Crippen molar-refractivity contribution in [3.8, 4) is 0 Å². The average molecular weight is 274 g/mol. The van der Waals surface area contributed by atoms with E-state index in [0.717, 1.165) is 11.9 Å². The van der Waals surface area contributed by atoms with Gasteiger partial charge in [-0.05, 0) is 24.5 Å². The molecule has 20 heavy (non-hydrogen) atoms. The van der Waals surface area contributed by atoms with Gasteiger partial charge in [-0.1, -0.05) is 25.1 Å². The van der Waals surface area contributed by atoms with Crippen molar-refractivity contribution in [2.45, 2.75) is 19.4 Å². The number of nitrogens with zero attached hydrogens (tertiary/aromatic N) is 1. The second kappa shape index (κ2) is 6.93. The predicted octanol–water partition coefficient (Wildman–Crippen LogP) is 0.990. The third-order valence-electron chi connectivity index (χ3n) is 3.39. The largest absolute Gasteiger partial charge is 0.355 e. The van der Waals surface area contributed by atoms with Crippen molar-refractivity contribution < 1.29 is 4.79 Å². The first-order valence-electron chi connectivity index (χ1n) is 7.01. The van der Waals surface area contributed by atoms with E-state index in [9.17, 15) is 4.79 Å². The summed E-state index contributed by atoms with van der Waals surface area (Å²) in [4.78, 5) is 16.0. The molecule has 0 aromatic heterocycles. The van der Waals surface area contributed by atoms with Gasteiger partial charge in [0.15, 0.2) is 5.96 Å². The van der Waals surface area contributed by atoms with Crippen LogP contribution in [-0.4, -0.2) is 38.0 Å². The molecule has 1 fully saturated rings. The fraction of sp³-hybridized carbons (Fsp3) is 0.467. The molecule has 2 atom stereocenters. The summed E-state index contributed by atoms with van der Waals surface area (Å²) in [6.07, 6.45) is 1.20. The second-order valence-corrected chi connectivity index (χ2v) is 5.08. The van der Waals surface area contributed by atoms with Gasteiger partial charge in [-0.2, -0.15) is 0 Å². The van der Waals surface area contributed by atoms with Crippen LogP contribution in [0, 0.1) is 5.92 Å². The lowest BCUT2D eigenvalue weighted by Gasteiger charge is -2.12. The van der Waals surface area contributed by atoms with E-state index in [1.165, 1.54) is 6.42 Å². The van der Waals surface area contributed by atoms with Crippen LogP contribution in [0.25, 0.3) is 0 Å². The van der Waals surface area contributed by atoms with Gasteiger partial charge in [0.05, 0.1) is 0 Å². The molecular formula is C15H22N4O. The normalized spacial score (nSPS) is 21.2. The summed E-state index contributed by atoms with van der Waals surface area (Å²) in [6, 6.07) is 9.76. The Hall–Kier alpha value is -2.04. The SMILES string of the molecule is CN=C(NCCNC(=O)c1ccccc1)NC1CC1C. The highest BCUT2D eigenvalue weighted by molar-refractivity contribution is 5.94. The summed E-state index contributed by atoms with van der Waals surface area (Å²) in [5.41, 5.74) is 0.682. The number of nitrogens with one attached hydrogen (secondary N) is 3. The van der Waals surface area contributed by atoms with Crippen molar-refractivity contribution in [1.29, 1.82) is 0 Å². The van der Waals surface area contributed by atoms with Gasteiger partial charge >= 0.3 is 0 Å². The fourth-order valence-corrected chi connectivity index (χ4v) is 1.94. The van der Waals surface area contributed by atoms with Gasteiger partial charge in [-0.3, -0.25) is 9.79 Å². The summed E-state index contributed by atoms with van der Waals surface area (Å²) >= 11 is 0. The van der Waals surface area contributed by atoms with Gasteiger partial charge < -0.3 is 16.0 Å². The summed E-state index contributed by atoms with van der Waals surface area (Å²) in [5.74, 6) is 1.48. The molecule has 0 bridgehead atoms. The number of rotatable bonds is 5. The highest BCUT2D eigenvalue weighted by Crippen LogP contribution is 2.28. The third-order valence-corrected chi connectivity index (χ3v) is 3.39. The molecule has 0 saturated heterocycles. The van der Waals surface area contributed by atoms with Crippen LogP contribution in [0.3, 0.4) is 0 Å². The molecule has 1 saturated carbocycles. The highest BCUT2D eigenvalue weighted by Gasteiger charge is 2.33. The van der Waals surface area contributed by atoms with E-state index in [4.69, 9.17) is 0 Å². The van der Waals surface area contributed by atoms with Crippen molar-refractivity contribution >= 4 is 11.9 Å². The lowest BCUT2D eigenvalue weighted by Crippen LogP contribution is -2.42. The average Bonchev–Trinajstić information content (AvgIpc) is 3.18. The minimum absolute atomic E-state index is 0.0499. The Kier molecular flexibility index (Phi) is 4.98. The van der Waals surface area contributed by atoms with Crippen molar-refractivity contribution in [3.63, 3.8) is 0 Å². The van der Waals surface area contributed by atoms with E-state index in [0.29, 0.717) is 24.7 Å². The highest BCUT2D eigenvalue weighted by atomic mass is 16.1. The molecular weight excluding hydrogens is 252 g/mol. The standard InChI is InChI=1S/C15H22N4O/c1-11-10-13(11)19-15(16-2)18-9-8-17-14(20)12-6-4-3-5-7-12/h3-7,11,13H,8-10H2,1-2H3,(H,17,20)(H2,16,18,19). The zero-order valence-corrected chi connectivity index (χ0v) is 12.0. The summed E-state index contributed by atoms with van der Waals surface area (Å²) in [6.45, 7) is 3.43. The Balaban J connectivity index is 1.64. The Morgan fingerprint density at radius 1 is 1.25 bits per heavy atom. The summed E-state index contributed by atoms with van der Waals surface area (Å²) in [5, 5.41) is 9.40. The van der Waals surface area contributed by atoms with Crippen LogP contribution in [-0.2, 0) is 0 Å². The molecule has 108 valence electrons. The zero-order chi connectivity index (χ0) is 14.4. The van der Waals surface area contributed by atoms with Gasteiger partial charge in [-0.15, -0.1) is 0 Å². The maximum Gasteiger partial charge on any atom is 0.251 e. The first-order chi connectivity index (χ1) is 9.70. The Bertz CT molecular complexity index is 472. The molecule has 3 N–H and O–H groups in total. The third kappa shape index (κ3) is 4.26. The molecule has 5 nitrogen and oxygen atoms in total. The fourth-order valence-electron chi connectivity index (χ4n) is 1.94. The number of benzene rings is 1. The van der Waals surface area contributed by atoms with E-state index >= 15 is 0 Å². The number of aliphatic imine (C=N–C) groups is 1. The van der Waals surface area contributed by atoms with Crippen molar-refractivity contribution in [2.24, 2.45) is 10.9 Å². The van der Waals surface area contributed by atoms with E-state index in [-0.39, 0.29) is 5.91 Å². The number of hydrogen-bond acceptors (Lipinski definition) is 2. The van der Waals surface area contributed by atoms with Crippen LogP contribution < -0.4 is 16.0 Å². The van der Waals surface area contributed by atoms with Gasteiger partial charge in [0, 0.05) is 31.7 Å². The smallest absolute Gasteiger partial charge is 0.251 e. The molecule has 2 rings (SSSR count). The van der Waals surface area contributed by atoms with Crippen molar-refractivity contribution in [3.05, 3.63) is 35.9 Å². The summed E-state index contributed by atoms with van der Waals surface area (Å²) < 4.78 is 0. The zero-order valence-electron chi connectivity index (χ0n) is 12.0. The van der Waals surface area contributed by atoms with Crippen molar-refractivity contribution in [1.82, 2.24) is 16.0 Å². The maximum absolute atomic E-state index is 11.8. The van der Waals surface area contributed by atoms with E-state index in [1.54, 1.807) is 19.2 Å². The molecule has 5 heteroatoms. The molecule has 1 amide bonds. The minimum Gasteiger partial charge on any atom is -0.355 e. The second-order valence-electron chi connectivity index (χ2n) is 5.08. The van der Waals surface area contributed by atoms with Gasteiger partial charge in [0.25, 0.3) is 5.91 Å². The van der Waals surface area contributed by atoms with Crippen LogP contribution in [0.4, 0.5) is 0 Å². The van der Waals surface area contributed by atoms with E-state index in [2.05, 4.69) is 27.9 Å². The number of carbonyl (C=O) groups is 1. The molecule has 1 aliphatic carbocycles. The minimum atomic E-state index is -0.0499. The van der Waals surface area contributed by atoms with E-state index < -0.39 is 0 Å². The number of carbonyl (C=O) groups excluding carboxylic acids is 1. The van der Waals surface area contributed by atoms with Crippen LogP contribution in [0.5, 0.6) is 0 Å². The molecule has 0 radical (unpaired) electrons. The van der Waals surface area contributed by atoms with Crippen LogP contribution in [0.1, 0.15) is 23.7 Å². The van der Waals surface area contributed by atoms with Crippen molar-refractivity contribution in [2.75, 3.05) is 20.1 Å². The molecule has 0 spiro atoms. The number of amides is 1. The molecule has 1 aromatic rings. The molecule has 2 unspecified atom stereocenters. The Morgan fingerprint density at radius 2 is 1.90 bits per heavy atom. The Morgan fingerprint density at radius 3 is 2.50 bits per heavy atom. The first kappa shape index (κ1) is 14.4. The monoisotopic (exact) mass is 274 g/mol. The summed E-state index contributed by atoms with van der Waals surface area (Å²) in [7, 11) is 1.75. The van der Waals surface area contributed by atoms with Crippen LogP contribution in [0.2, 0.25) is 0 Å². The quantitative estimate of drug-likeness (QED) is 0.426. The predicted molar refractivity (Wildman–Crippen MR) is 80.8 cm³/mol.